The zero-order chi connectivity index (χ0) is 30.8. The van der Waals surface area contributed by atoms with Crippen LogP contribution in [0.25, 0.3) is 11.0 Å². The van der Waals surface area contributed by atoms with E-state index in [4.69, 9.17) is 18.6 Å². The molecule has 10 nitrogen and oxygen atoms in total. The Kier molecular flexibility index (Phi) is 8.54. The summed E-state index contributed by atoms with van der Waals surface area (Å²) in [5.41, 5.74) is 1.08. The lowest BCUT2D eigenvalue weighted by Gasteiger charge is -2.25. The van der Waals surface area contributed by atoms with Crippen LogP contribution >= 0.6 is 11.3 Å². The van der Waals surface area contributed by atoms with Crippen molar-refractivity contribution in [2.45, 2.75) is 46.6 Å². The molecule has 0 aliphatic carbocycles. The van der Waals surface area contributed by atoms with E-state index in [2.05, 4.69) is 11.9 Å². The summed E-state index contributed by atoms with van der Waals surface area (Å²) in [5, 5.41) is 12.0. The molecule has 1 unspecified atom stereocenters. The third-order valence-corrected chi connectivity index (χ3v) is 8.31. The van der Waals surface area contributed by atoms with Crippen LogP contribution < -0.4 is 19.1 Å². The number of aliphatic hydroxyl groups is 1. The van der Waals surface area contributed by atoms with Gasteiger partial charge in [0.05, 0.1) is 42.5 Å². The number of carbonyl (C=O) groups is 3. The Labute approximate surface area is 252 Å². The van der Waals surface area contributed by atoms with Crippen LogP contribution in [0.5, 0.6) is 17.2 Å². The van der Waals surface area contributed by atoms with Gasteiger partial charge in [0.25, 0.3) is 5.91 Å². The smallest absolute Gasteiger partial charge is 0.296 e. The standard InChI is InChI=1S/C32H32N2O8S/c1-6-8-14-41-21-13-12-19(15-23(21)40-7-2)26-25(27(36)24-16-20-10-9-11-22(39-5)29(20)42-24)28(37)31(38)34(26)32-33-17(3)30(43-32)18(4)35/h9-13,15-16,26,37H,6-8,14H2,1-5H3. The second kappa shape index (κ2) is 12.3. The van der Waals surface area contributed by atoms with Crippen molar-refractivity contribution in [3.8, 4) is 17.2 Å². The Balaban J connectivity index is 1.66. The fraction of sp³-hybridized carbons (Fsp3) is 0.312. The number of methoxy groups -OCH3 is 1. The Morgan fingerprint density at radius 1 is 1.09 bits per heavy atom. The van der Waals surface area contributed by atoms with E-state index in [0.29, 0.717) is 57.6 Å². The number of benzene rings is 2. The van der Waals surface area contributed by atoms with E-state index in [1.165, 1.54) is 18.9 Å². The lowest BCUT2D eigenvalue weighted by molar-refractivity contribution is -0.117. The van der Waals surface area contributed by atoms with Gasteiger partial charge in [0.2, 0.25) is 5.78 Å². The second-order valence-electron chi connectivity index (χ2n) is 9.97. The van der Waals surface area contributed by atoms with E-state index < -0.39 is 23.5 Å². The van der Waals surface area contributed by atoms with Gasteiger partial charge >= 0.3 is 0 Å². The summed E-state index contributed by atoms with van der Waals surface area (Å²) in [6, 6.07) is 10.8. The quantitative estimate of drug-likeness (QED) is 0.138. The molecule has 1 aliphatic rings. The summed E-state index contributed by atoms with van der Waals surface area (Å²) >= 11 is 1.02. The number of ether oxygens (including phenoxy) is 3. The first-order valence-electron chi connectivity index (χ1n) is 14.0. The third kappa shape index (κ3) is 5.48. The largest absolute Gasteiger partial charge is 0.503 e. The van der Waals surface area contributed by atoms with E-state index >= 15 is 0 Å². The molecule has 3 heterocycles. The molecule has 43 heavy (non-hydrogen) atoms. The molecule has 224 valence electrons. The fourth-order valence-electron chi connectivity index (χ4n) is 5.01. The van der Waals surface area contributed by atoms with E-state index in [0.717, 1.165) is 24.2 Å². The van der Waals surface area contributed by atoms with Crippen LogP contribution in [0, 0.1) is 6.92 Å². The van der Waals surface area contributed by atoms with Gasteiger partial charge in [0, 0.05) is 12.3 Å². The van der Waals surface area contributed by atoms with Crippen LogP contribution in [-0.2, 0) is 4.79 Å². The van der Waals surface area contributed by atoms with Crippen molar-refractivity contribution in [2.75, 3.05) is 25.2 Å². The number of furan rings is 1. The number of hydrogen-bond acceptors (Lipinski definition) is 10. The van der Waals surface area contributed by atoms with Crippen LogP contribution in [0.4, 0.5) is 5.13 Å². The molecule has 0 fully saturated rings. The number of unbranched alkanes of at least 4 members (excludes halogenated alkanes) is 1. The Hall–Kier alpha value is -4.64. The van der Waals surface area contributed by atoms with E-state index in [9.17, 15) is 19.5 Å². The Bertz CT molecular complexity index is 1750. The van der Waals surface area contributed by atoms with Crippen LogP contribution in [0.1, 0.15) is 71.1 Å². The molecule has 2 aromatic heterocycles. The summed E-state index contributed by atoms with van der Waals surface area (Å²) in [6.45, 7) is 7.84. The zero-order valence-electron chi connectivity index (χ0n) is 24.6. The Morgan fingerprint density at radius 3 is 2.56 bits per heavy atom. The third-order valence-electron chi connectivity index (χ3n) is 7.05. The maximum Gasteiger partial charge on any atom is 0.296 e. The average Bonchev–Trinajstić information content (AvgIpc) is 3.67. The number of hydrogen-bond donors (Lipinski definition) is 1. The molecule has 0 spiro atoms. The van der Waals surface area contributed by atoms with Crippen LogP contribution in [0.15, 0.2) is 58.2 Å². The van der Waals surface area contributed by atoms with Crippen molar-refractivity contribution in [3.63, 3.8) is 0 Å². The zero-order valence-corrected chi connectivity index (χ0v) is 25.4. The van der Waals surface area contributed by atoms with E-state index in [-0.39, 0.29) is 22.2 Å². The number of thiazole rings is 1. The highest BCUT2D eigenvalue weighted by Gasteiger charge is 2.47. The van der Waals surface area contributed by atoms with Gasteiger partial charge < -0.3 is 23.7 Å². The lowest BCUT2D eigenvalue weighted by atomic mass is 9.95. The predicted octanol–water partition coefficient (Wildman–Crippen LogP) is 6.77. The summed E-state index contributed by atoms with van der Waals surface area (Å²) in [5.74, 6) is -1.15. The molecule has 1 aliphatic heterocycles. The minimum atomic E-state index is -1.11. The van der Waals surface area contributed by atoms with E-state index in [1.807, 2.05) is 6.92 Å². The molecule has 0 bridgehead atoms. The highest BCUT2D eigenvalue weighted by molar-refractivity contribution is 7.17. The van der Waals surface area contributed by atoms with Crippen molar-refractivity contribution >= 4 is 44.9 Å². The minimum Gasteiger partial charge on any atom is -0.503 e. The van der Waals surface area contributed by atoms with Gasteiger partial charge in [0.15, 0.2) is 45.3 Å². The lowest BCUT2D eigenvalue weighted by Crippen LogP contribution is -2.31. The molecule has 11 heteroatoms. The summed E-state index contributed by atoms with van der Waals surface area (Å²) in [4.78, 5) is 46.1. The van der Waals surface area contributed by atoms with E-state index in [1.54, 1.807) is 49.4 Å². The average molecular weight is 605 g/mol. The van der Waals surface area contributed by atoms with Gasteiger partial charge in [-0.3, -0.25) is 19.3 Å². The number of rotatable bonds is 12. The number of Topliss-reactive ketones (excluding diaryl/α,β-unsaturated/α-hetero) is 2. The Morgan fingerprint density at radius 2 is 1.88 bits per heavy atom. The number of fused-ring (bicyclic) bond motifs is 1. The van der Waals surface area contributed by atoms with Gasteiger partial charge in [-0.2, -0.15) is 0 Å². The first-order valence-corrected chi connectivity index (χ1v) is 14.8. The van der Waals surface area contributed by atoms with Crippen molar-refractivity contribution in [3.05, 3.63) is 75.7 Å². The molecule has 2 aromatic carbocycles. The first kappa shape index (κ1) is 29.8. The molecule has 4 aromatic rings. The molecule has 0 saturated carbocycles. The number of carbonyl (C=O) groups excluding carboxylic acids is 3. The summed E-state index contributed by atoms with van der Waals surface area (Å²) < 4.78 is 23.1. The van der Waals surface area contributed by atoms with Gasteiger partial charge in [-0.25, -0.2) is 4.98 Å². The normalized spacial score (nSPS) is 15.0. The van der Waals surface area contributed by atoms with Crippen molar-refractivity contribution in [2.24, 2.45) is 0 Å². The van der Waals surface area contributed by atoms with Gasteiger partial charge in [0.1, 0.15) is 0 Å². The maximum absolute atomic E-state index is 14.1. The fourth-order valence-corrected chi connectivity index (χ4v) is 6.00. The number of aliphatic hydroxyl groups excluding tert-OH is 1. The number of para-hydroxylation sites is 1. The number of aromatic nitrogens is 1. The summed E-state index contributed by atoms with van der Waals surface area (Å²) in [7, 11) is 1.49. The number of ketones is 2. The molecule has 1 N–H and O–H groups in total. The van der Waals surface area contributed by atoms with Crippen molar-refractivity contribution in [1.29, 1.82) is 0 Å². The molecule has 1 atom stereocenters. The number of anilines is 1. The van der Waals surface area contributed by atoms with Gasteiger partial charge in [-0.15, -0.1) is 0 Å². The topological polar surface area (TPSA) is 128 Å². The van der Waals surface area contributed by atoms with Crippen LogP contribution in [-0.4, -0.2) is 47.9 Å². The highest BCUT2D eigenvalue weighted by atomic mass is 32.1. The molecule has 5 rings (SSSR count). The molecule has 0 radical (unpaired) electrons. The SMILES string of the molecule is CCCCOc1ccc(C2C(C(=O)c3cc4cccc(OC)c4o3)=C(O)C(=O)N2c2nc(C)c(C(C)=O)s2)cc1OCC. The highest BCUT2D eigenvalue weighted by Crippen LogP contribution is 2.46. The number of aryl methyl sites for hydroxylation is 1. The molecular formula is C32H32N2O8S. The number of amides is 1. The minimum absolute atomic E-state index is 0.0787. The number of nitrogens with zero attached hydrogens (tertiary/aromatic N) is 2. The second-order valence-corrected chi connectivity index (χ2v) is 10.9. The van der Waals surface area contributed by atoms with Crippen molar-refractivity contribution in [1.82, 2.24) is 4.98 Å². The molecule has 1 amide bonds. The van der Waals surface area contributed by atoms with Crippen LogP contribution in [0.3, 0.4) is 0 Å². The molecular weight excluding hydrogens is 572 g/mol. The summed E-state index contributed by atoms with van der Waals surface area (Å²) in [6.07, 6.45) is 1.82. The van der Waals surface area contributed by atoms with Crippen LogP contribution in [0.2, 0.25) is 0 Å². The van der Waals surface area contributed by atoms with Gasteiger partial charge in [-0.05, 0) is 50.1 Å². The van der Waals surface area contributed by atoms with Gasteiger partial charge in [-0.1, -0.05) is 42.9 Å². The monoisotopic (exact) mass is 604 g/mol. The van der Waals surface area contributed by atoms with Crippen molar-refractivity contribution < 1.29 is 38.1 Å². The maximum atomic E-state index is 14.1. The molecule has 0 saturated heterocycles. The first-order chi connectivity index (χ1) is 20.7. The predicted molar refractivity (Wildman–Crippen MR) is 162 cm³/mol.